The Labute approximate surface area is 107 Å². The minimum atomic E-state index is -0.257. The van der Waals surface area contributed by atoms with Gasteiger partial charge in [-0.15, -0.1) is 0 Å². The average Bonchev–Trinajstić information content (AvgIpc) is 2.21. The third-order valence-electron chi connectivity index (χ3n) is 2.40. The summed E-state index contributed by atoms with van der Waals surface area (Å²) >= 11 is 5.77. The fourth-order valence-corrected chi connectivity index (χ4v) is 1.54. The topological polar surface area (TPSA) is 46.9 Å². The summed E-state index contributed by atoms with van der Waals surface area (Å²) in [5.74, 6) is 0. The van der Waals surface area contributed by atoms with E-state index in [1.54, 1.807) is 6.20 Å². The quantitative estimate of drug-likeness (QED) is 0.820. The van der Waals surface area contributed by atoms with E-state index in [2.05, 4.69) is 31.1 Å². The van der Waals surface area contributed by atoms with Crippen LogP contribution in [-0.2, 0) is 6.54 Å². The van der Waals surface area contributed by atoms with Crippen molar-refractivity contribution in [1.29, 1.82) is 0 Å². The predicted octanol–water partition coefficient (Wildman–Crippen LogP) is 1.92. The molecular formula is C12H20ClN3O. The fourth-order valence-electron chi connectivity index (χ4n) is 1.38. The third kappa shape index (κ3) is 5.84. The van der Waals surface area contributed by atoms with E-state index in [4.69, 9.17) is 11.6 Å². The van der Waals surface area contributed by atoms with Crippen molar-refractivity contribution in [1.82, 2.24) is 14.9 Å². The Kier molecular flexibility index (Phi) is 5.15. The summed E-state index contributed by atoms with van der Waals surface area (Å²) in [6, 6.07) is 0. The molecule has 0 fully saturated rings. The van der Waals surface area contributed by atoms with E-state index in [0.717, 1.165) is 19.5 Å². The highest BCUT2D eigenvalue weighted by Gasteiger charge is 2.08. The molecule has 0 saturated carbocycles. The largest absolute Gasteiger partial charge is 0.347 e. The normalized spacial score (nSPS) is 11.8. The van der Waals surface area contributed by atoms with Gasteiger partial charge in [0.25, 0.3) is 0 Å². The van der Waals surface area contributed by atoms with E-state index in [9.17, 15) is 4.79 Å². The Morgan fingerprint density at radius 3 is 2.76 bits per heavy atom. The van der Waals surface area contributed by atoms with Gasteiger partial charge in [0.05, 0.1) is 11.2 Å². The van der Waals surface area contributed by atoms with E-state index in [1.165, 1.54) is 10.8 Å². The molecule has 0 aromatic carbocycles. The maximum atomic E-state index is 11.4. The third-order valence-corrected chi connectivity index (χ3v) is 2.60. The molecule has 1 aromatic rings. The van der Waals surface area contributed by atoms with Gasteiger partial charge in [0.15, 0.2) is 0 Å². The Morgan fingerprint density at radius 2 is 2.12 bits per heavy atom. The van der Waals surface area contributed by atoms with Crippen LogP contribution in [0.15, 0.2) is 17.2 Å². The van der Waals surface area contributed by atoms with Gasteiger partial charge in [-0.2, -0.15) is 0 Å². The van der Waals surface area contributed by atoms with Gasteiger partial charge in [0.2, 0.25) is 0 Å². The first-order valence-electron chi connectivity index (χ1n) is 5.81. The summed E-state index contributed by atoms with van der Waals surface area (Å²) in [7, 11) is 0. The van der Waals surface area contributed by atoms with Crippen molar-refractivity contribution in [2.45, 2.75) is 33.7 Å². The molecule has 1 rings (SSSR count). The number of nitrogens with zero attached hydrogens (tertiary/aromatic N) is 2. The Balaban J connectivity index is 2.32. The van der Waals surface area contributed by atoms with Crippen molar-refractivity contribution >= 4 is 11.6 Å². The van der Waals surface area contributed by atoms with Crippen LogP contribution in [-0.4, -0.2) is 22.6 Å². The van der Waals surface area contributed by atoms with Crippen LogP contribution in [0, 0.1) is 5.41 Å². The van der Waals surface area contributed by atoms with Crippen molar-refractivity contribution in [2.75, 3.05) is 13.1 Å². The van der Waals surface area contributed by atoms with Gasteiger partial charge in [-0.3, -0.25) is 4.57 Å². The molecule has 0 bridgehead atoms. The second kappa shape index (κ2) is 6.17. The van der Waals surface area contributed by atoms with Crippen LogP contribution in [0.1, 0.15) is 27.2 Å². The molecule has 0 aliphatic heterocycles. The van der Waals surface area contributed by atoms with Crippen LogP contribution in [0.2, 0.25) is 5.02 Å². The lowest BCUT2D eigenvalue weighted by molar-refractivity contribution is 0.365. The van der Waals surface area contributed by atoms with Gasteiger partial charge in [0.1, 0.15) is 0 Å². The molecule has 1 heterocycles. The molecule has 0 spiro atoms. The van der Waals surface area contributed by atoms with Crippen LogP contribution in [0.3, 0.4) is 0 Å². The second-order valence-corrected chi connectivity index (χ2v) is 5.75. The summed E-state index contributed by atoms with van der Waals surface area (Å²) in [5, 5.41) is 3.79. The summed E-state index contributed by atoms with van der Waals surface area (Å²) in [5.41, 5.74) is 0.0774. The van der Waals surface area contributed by atoms with Crippen molar-refractivity contribution in [3.63, 3.8) is 0 Å². The first kappa shape index (κ1) is 14.2. The molecule has 4 nitrogen and oxygen atoms in total. The van der Waals surface area contributed by atoms with Gasteiger partial charge in [-0.1, -0.05) is 32.4 Å². The Bertz CT molecular complexity index is 409. The molecular weight excluding hydrogens is 238 g/mol. The minimum absolute atomic E-state index is 0.257. The van der Waals surface area contributed by atoms with Crippen molar-refractivity contribution in [3.8, 4) is 0 Å². The molecule has 0 radical (unpaired) electrons. The second-order valence-electron chi connectivity index (χ2n) is 5.31. The lowest BCUT2D eigenvalue weighted by Gasteiger charge is -2.18. The first-order valence-corrected chi connectivity index (χ1v) is 6.19. The van der Waals surface area contributed by atoms with Gasteiger partial charge in [-0.05, 0) is 18.4 Å². The number of halogens is 1. The van der Waals surface area contributed by atoms with Crippen LogP contribution in [0.25, 0.3) is 0 Å². The molecule has 0 atom stereocenters. The maximum Gasteiger partial charge on any atom is 0.347 e. The highest BCUT2D eigenvalue weighted by atomic mass is 35.5. The average molecular weight is 258 g/mol. The van der Waals surface area contributed by atoms with E-state index in [0.29, 0.717) is 17.0 Å². The summed E-state index contributed by atoms with van der Waals surface area (Å²) < 4.78 is 1.52. The molecule has 96 valence electrons. The molecule has 1 N–H and O–H groups in total. The monoisotopic (exact) mass is 257 g/mol. The first-order chi connectivity index (χ1) is 7.88. The number of nitrogens with one attached hydrogen (secondary N) is 1. The van der Waals surface area contributed by atoms with Crippen LogP contribution < -0.4 is 11.0 Å². The van der Waals surface area contributed by atoms with Gasteiger partial charge >= 0.3 is 5.69 Å². The zero-order valence-corrected chi connectivity index (χ0v) is 11.4. The Morgan fingerprint density at radius 1 is 1.41 bits per heavy atom. The number of rotatable bonds is 5. The van der Waals surface area contributed by atoms with Crippen LogP contribution in [0.4, 0.5) is 0 Å². The molecule has 1 aromatic heterocycles. The van der Waals surface area contributed by atoms with E-state index < -0.39 is 0 Å². The zero-order chi connectivity index (χ0) is 12.9. The van der Waals surface area contributed by atoms with Crippen LogP contribution in [0.5, 0.6) is 0 Å². The van der Waals surface area contributed by atoms with E-state index in [-0.39, 0.29) is 5.69 Å². The predicted molar refractivity (Wildman–Crippen MR) is 70.4 cm³/mol. The standard InChI is InChI=1S/C12H20ClN3O/c1-12(2,3)4-5-14-6-7-16-9-10(13)8-15-11(16)17/h8-9,14H,4-7H2,1-3H3. The van der Waals surface area contributed by atoms with E-state index >= 15 is 0 Å². The minimum Gasteiger partial charge on any atom is -0.315 e. The van der Waals surface area contributed by atoms with Crippen molar-refractivity contribution in [2.24, 2.45) is 5.41 Å². The molecule has 17 heavy (non-hydrogen) atoms. The van der Waals surface area contributed by atoms with Gasteiger partial charge in [-0.25, -0.2) is 9.78 Å². The molecule has 0 saturated heterocycles. The smallest absolute Gasteiger partial charge is 0.315 e. The van der Waals surface area contributed by atoms with Gasteiger partial charge in [0, 0.05) is 19.3 Å². The number of hydrogen-bond donors (Lipinski definition) is 1. The molecule has 0 aliphatic rings. The zero-order valence-electron chi connectivity index (χ0n) is 10.7. The highest BCUT2D eigenvalue weighted by Crippen LogP contribution is 2.16. The number of aromatic nitrogens is 2. The lowest BCUT2D eigenvalue weighted by atomic mass is 9.92. The Hall–Kier alpha value is -0.870. The van der Waals surface area contributed by atoms with Crippen molar-refractivity contribution < 1.29 is 0 Å². The molecule has 0 amide bonds. The fraction of sp³-hybridized carbons (Fsp3) is 0.667. The molecule has 0 aliphatic carbocycles. The van der Waals surface area contributed by atoms with Crippen LogP contribution >= 0.6 is 11.6 Å². The molecule has 5 heteroatoms. The number of hydrogen-bond acceptors (Lipinski definition) is 3. The summed E-state index contributed by atoms with van der Waals surface area (Å²) in [6.45, 7) is 8.92. The highest BCUT2D eigenvalue weighted by molar-refractivity contribution is 6.30. The summed E-state index contributed by atoms with van der Waals surface area (Å²) in [6.07, 6.45) is 4.09. The SMILES string of the molecule is CC(C)(C)CCNCCn1cc(Cl)cnc1=O. The van der Waals surface area contributed by atoms with Crippen molar-refractivity contribution in [3.05, 3.63) is 27.9 Å². The maximum absolute atomic E-state index is 11.4. The summed E-state index contributed by atoms with van der Waals surface area (Å²) in [4.78, 5) is 15.0. The van der Waals surface area contributed by atoms with E-state index in [1.807, 2.05) is 0 Å². The van der Waals surface area contributed by atoms with Gasteiger partial charge < -0.3 is 5.32 Å². The molecule has 0 unspecified atom stereocenters. The lowest BCUT2D eigenvalue weighted by Crippen LogP contribution is -2.29.